The number of ether oxygens (including phenoxy) is 1. The third-order valence-corrected chi connectivity index (χ3v) is 3.51. The van der Waals surface area contributed by atoms with Crippen molar-refractivity contribution in [2.24, 2.45) is 5.92 Å². The van der Waals surface area contributed by atoms with E-state index in [-0.39, 0.29) is 0 Å². The monoisotopic (exact) mass is 242 g/mol. The average molecular weight is 243 g/mol. The summed E-state index contributed by atoms with van der Waals surface area (Å²) in [6.45, 7) is 2.21. The maximum absolute atomic E-state index is 5.74. The molecule has 0 aromatic rings. The number of hydrogen-bond acceptors (Lipinski definition) is 1. The molecule has 0 bridgehead atoms. The van der Waals surface area contributed by atoms with Gasteiger partial charge in [0.05, 0.1) is 6.10 Å². The third-order valence-electron chi connectivity index (χ3n) is 2.53. The Labute approximate surface area is 88.0 Å². The van der Waals surface area contributed by atoms with E-state index in [9.17, 15) is 0 Å². The topological polar surface area (TPSA) is 9.23 Å². The molecule has 1 nitrogen and oxygen atoms in total. The summed E-state index contributed by atoms with van der Waals surface area (Å²) in [6.07, 6.45) is 10.7. The minimum atomic E-state index is 0.490. The molecule has 1 saturated carbocycles. The van der Waals surface area contributed by atoms with Crippen molar-refractivity contribution >= 4 is 15.9 Å². The van der Waals surface area contributed by atoms with Crippen LogP contribution in [0.25, 0.3) is 0 Å². The fourth-order valence-electron chi connectivity index (χ4n) is 1.49. The summed E-state index contributed by atoms with van der Waals surface area (Å²) >= 11 is 3.64. The van der Waals surface area contributed by atoms with Gasteiger partial charge in [0.25, 0.3) is 0 Å². The van der Waals surface area contributed by atoms with E-state index < -0.39 is 0 Å². The van der Waals surface area contributed by atoms with E-state index in [1.807, 2.05) is 0 Å². The molecule has 0 heterocycles. The number of allylic oxidation sites excluding steroid dienone is 3. The summed E-state index contributed by atoms with van der Waals surface area (Å²) in [5.74, 6) is 1.67. The second-order valence-electron chi connectivity index (χ2n) is 3.76. The molecule has 0 aliphatic heterocycles. The van der Waals surface area contributed by atoms with Crippen molar-refractivity contribution in [2.45, 2.75) is 37.1 Å². The Kier molecular flexibility index (Phi) is 2.77. The summed E-state index contributed by atoms with van der Waals surface area (Å²) in [5, 5.41) is 0. The lowest BCUT2D eigenvalue weighted by Gasteiger charge is -2.20. The fraction of sp³-hybridized carbons (Fsp3) is 0.636. The van der Waals surface area contributed by atoms with Gasteiger partial charge in [0.2, 0.25) is 0 Å². The molecule has 13 heavy (non-hydrogen) atoms. The van der Waals surface area contributed by atoms with Crippen molar-refractivity contribution in [3.8, 4) is 0 Å². The molecule has 72 valence electrons. The van der Waals surface area contributed by atoms with Gasteiger partial charge in [-0.15, -0.1) is 0 Å². The Bertz CT molecular complexity index is 240. The molecule has 0 radical (unpaired) electrons. The van der Waals surface area contributed by atoms with Gasteiger partial charge in [-0.3, -0.25) is 0 Å². The van der Waals surface area contributed by atoms with Gasteiger partial charge in [0.1, 0.15) is 5.76 Å². The predicted octanol–water partition coefficient (Wildman–Crippen LogP) is 3.41. The van der Waals surface area contributed by atoms with Crippen LogP contribution in [0.3, 0.4) is 0 Å². The molecule has 2 unspecified atom stereocenters. The van der Waals surface area contributed by atoms with Gasteiger partial charge in [-0.1, -0.05) is 28.9 Å². The van der Waals surface area contributed by atoms with Crippen molar-refractivity contribution in [1.82, 2.24) is 0 Å². The molecule has 0 aromatic carbocycles. The van der Waals surface area contributed by atoms with Crippen LogP contribution in [0.2, 0.25) is 0 Å². The zero-order chi connectivity index (χ0) is 9.26. The molecule has 2 atom stereocenters. The Morgan fingerprint density at radius 1 is 1.54 bits per heavy atom. The second kappa shape index (κ2) is 3.87. The van der Waals surface area contributed by atoms with Crippen LogP contribution in [0.5, 0.6) is 0 Å². The summed E-state index contributed by atoms with van der Waals surface area (Å²) in [7, 11) is 0. The van der Waals surface area contributed by atoms with Crippen LogP contribution in [0.1, 0.15) is 26.2 Å². The molecule has 2 rings (SSSR count). The Hall–Kier alpha value is -0.240. The van der Waals surface area contributed by atoms with Gasteiger partial charge >= 0.3 is 0 Å². The van der Waals surface area contributed by atoms with E-state index in [1.54, 1.807) is 0 Å². The van der Waals surface area contributed by atoms with Crippen LogP contribution >= 0.6 is 15.9 Å². The first-order valence-electron chi connectivity index (χ1n) is 5.00. The molecule has 2 aliphatic carbocycles. The van der Waals surface area contributed by atoms with E-state index in [0.717, 1.165) is 12.2 Å². The third kappa shape index (κ3) is 2.37. The summed E-state index contributed by atoms with van der Waals surface area (Å²) < 4.78 is 5.74. The minimum absolute atomic E-state index is 0.490. The molecule has 2 heteroatoms. The molecule has 0 spiro atoms. The molecule has 0 saturated heterocycles. The zero-order valence-electron chi connectivity index (χ0n) is 7.87. The van der Waals surface area contributed by atoms with Gasteiger partial charge < -0.3 is 4.74 Å². The fourth-order valence-corrected chi connectivity index (χ4v) is 2.17. The van der Waals surface area contributed by atoms with E-state index >= 15 is 0 Å². The molecule has 2 aliphatic rings. The highest BCUT2D eigenvalue weighted by molar-refractivity contribution is 9.09. The van der Waals surface area contributed by atoms with E-state index in [4.69, 9.17) is 4.74 Å². The first kappa shape index (κ1) is 9.32. The van der Waals surface area contributed by atoms with Gasteiger partial charge in [-0.05, 0) is 37.3 Å². The quantitative estimate of drug-likeness (QED) is 0.690. The van der Waals surface area contributed by atoms with Crippen molar-refractivity contribution in [2.75, 3.05) is 0 Å². The van der Waals surface area contributed by atoms with Gasteiger partial charge in [0, 0.05) is 4.83 Å². The summed E-state index contributed by atoms with van der Waals surface area (Å²) in [4.78, 5) is 0.490. The molecule has 0 amide bonds. The van der Waals surface area contributed by atoms with Crippen LogP contribution in [0.4, 0.5) is 0 Å². The van der Waals surface area contributed by atoms with Crippen LogP contribution < -0.4 is 0 Å². The van der Waals surface area contributed by atoms with Crippen LogP contribution in [-0.4, -0.2) is 10.9 Å². The zero-order valence-corrected chi connectivity index (χ0v) is 9.46. The molecule has 0 N–H and O–H groups in total. The Morgan fingerprint density at radius 3 is 2.92 bits per heavy atom. The van der Waals surface area contributed by atoms with E-state index in [0.29, 0.717) is 16.8 Å². The Balaban J connectivity index is 1.98. The molecular weight excluding hydrogens is 228 g/mol. The van der Waals surface area contributed by atoms with E-state index in [2.05, 4.69) is 41.1 Å². The highest BCUT2D eigenvalue weighted by Gasteiger charge is 2.25. The number of halogens is 1. The average Bonchev–Trinajstić information content (AvgIpc) is 2.92. The van der Waals surface area contributed by atoms with Crippen LogP contribution in [-0.2, 0) is 4.74 Å². The first-order chi connectivity index (χ1) is 6.29. The minimum Gasteiger partial charge on any atom is -0.491 e. The molecule has 1 fully saturated rings. The van der Waals surface area contributed by atoms with Crippen LogP contribution in [0.15, 0.2) is 24.0 Å². The standard InChI is InChI=1S/C11H15BrO/c1-2-8-7-10(5-6-11(8)12)13-9-3-4-9/h5-9,11H,2-4H2,1H3. The highest BCUT2D eigenvalue weighted by Crippen LogP contribution is 2.31. The highest BCUT2D eigenvalue weighted by atomic mass is 79.9. The first-order valence-corrected chi connectivity index (χ1v) is 5.92. The largest absolute Gasteiger partial charge is 0.491 e. The van der Waals surface area contributed by atoms with Crippen molar-refractivity contribution in [1.29, 1.82) is 0 Å². The number of hydrogen-bond donors (Lipinski definition) is 0. The maximum Gasteiger partial charge on any atom is 0.115 e. The lowest BCUT2D eigenvalue weighted by Crippen LogP contribution is -2.13. The molecule has 0 aromatic heterocycles. The number of rotatable bonds is 3. The maximum atomic E-state index is 5.74. The lowest BCUT2D eigenvalue weighted by atomic mass is 9.97. The van der Waals surface area contributed by atoms with Gasteiger partial charge in [0.15, 0.2) is 0 Å². The SMILES string of the molecule is CCC1C=C(OC2CC2)C=CC1Br. The van der Waals surface area contributed by atoms with Gasteiger partial charge in [-0.25, -0.2) is 0 Å². The summed E-state index contributed by atoms with van der Waals surface area (Å²) in [5.41, 5.74) is 0. The van der Waals surface area contributed by atoms with Gasteiger partial charge in [-0.2, -0.15) is 0 Å². The molecular formula is C11H15BrO. The Morgan fingerprint density at radius 2 is 2.31 bits per heavy atom. The summed E-state index contributed by atoms with van der Waals surface area (Å²) in [6, 6.07) is 0. The van der Waals surface area contributed by atoms with Crippen molar-refractivity contribution < 1.29 is 4.74 Å². The van der Waals surface area contributed by atoms with Crippen LogP contribution in [0, 0.1) is 5.92 Å². The van der Waals surface area contributed by atoms with Crippen molar-refractivity contribution in [3.05, 3.63) is 24.0 Å². The lowest BCUT2D eigenvalue weighted by molar-refractivity contribution is 0.205. The predicted molar refractivity (Wildman–Crippen MR) is 57.8 cm³/mol. The smallest absolute Gasteiger partial charge is 0.115 e. The van der Waals surface area contributed by atoms with E-state index in [1.165, 1.54) is 12.8 Å². The van der Waals surface area contributed by atoms with Crippen molar-refractivity contribution in [3.63, 3.8) is 0 Å². The number of alkyl halides is 1. The normalized spacial score (nSPS) is 32.9. The second-order valence-corrected chi connectivity index (χ2v) is 4.82.